The first kappa shape index (κ1) is 22.2. The molecule has 0 aliphatic carbocycles. The fourth-order valence-corrected chi connectivity index (χ4v) is 2.31. The number of hydrogen-bond acceptors (Lipinski definition) is 9. The largest absolute Gasteiger partial charge is 0.499 e. The van der Waals surface area contributed by atoms with E-state index in [-0.39, 0.29) is 12.2 Å². The van der Waals surface area contributed by atoms with Gasteiger partial charge < -0.3 is 34.6 Å². The monoisotopic (exact) mass is 376 g/mol. The Labute approximate surface area is 152 Å². The topological polar surface area (TPSA) is 143 Å². The molecule has 1 aliphatic rings. The third-order valence-corrected chi connectivity index (χ3v) is 3.81. The second-order valence-electron chi connectivity index (χ2n) is 6.10. The number of carbonyl (C=O) groups excluding carboxylic acids is 2. The van der Waals surface area contributed by atoms with Crippen molar-refractivity contribution in [3.8, 4) is 0 Å². The van der Waals surface area contributed by atoms with Crippen LogP contribution in [-0.4, -0.2) is 70.5 Å². The van der Waals surface area contributed by atoms with Gasteiger partial charge in [-0.2, -0.15) is 0 Å². The van der Waals surface area contributed by atoms with E-state index in [2.05, 4.69) is 6.92 Å². The van der Waals surface area contributed by atoms with Crippen LogP contribution in [0.25, 0.3) is 0 Å². The van der Waals surface area contributed by atoms with Crippen molar-refractivity contribution >= 4 is 11.9 Å². The van der Waals surface area contributed by atoms with Gasteiger partial charge in [0.05, 0.1) is 6.61 Å². The van der Waals surface area contributed by atoms with Crippen LogP contribution in [0.15, 0.2) is 11.5 Å². The molecule has 150 valence electrons. The minimum atomic E-state index is -1.44. The highest BCUT2D eigenvalue weighted by atomic mass is 16.6. The van der Waals surface area contributed by atoms with Crippen LogP contribution in [0.5, 0.6) is 0 Å². The average Bonchev–Trinajstić information content (AvgIpc) is 2.92. The number of cyclic esters (lactones) is 1. The van der Waals surface area contributed by atoms with Crippen LogP contribution in [0.2, 0.25) is 0 Å². The van der Waals surface area contributed by atoms with Crippen LogP contribution in [-0.2, 0) is 23.8 Å². The lowest BCUT2D eigenvalue weighted by Gasteiger charge is -2.20. The quantitative estimate of drug-likeness (QED) is 0.264. The van der Waals surface area contributed by atoms with E-state index in [1.54, 1.807) is 0 Å². The van der Waals surface area contributed by atoms with Crippen LogP contribution in [0.1, 0.15) is 45.4 Å². The molecule has 0 saturated heterocycles. The fraction of sp³-hybridized carbons (Fsp3) is 0.765. The summed E-state index contributed by atoms with van der Waals surface area (Å²) in [4.78, 5) is 23.1. The molecule has 1 rings (SSSR count). The number of carbonyl (C=O) groups is 2. The first-order valence-electron chi connectivity index (χ1n) is 8.80. The summed E-state index contributed by atoms with van der Waals surface area (Å²) >= 11 is 0. The number of aliphatic hydroxyl groups excluding tert-OH is 4. The van der Waals surface area contributed by atoms with Crippen molar-refractivity contribution in [3.63, 3.8) is 0 Å². The van der Waals surface area contributed by atoms with Gasteiger partial charge in [0.1, 0.15) is 25.4 Å². The molecule has 4 N–H and O–H groups in total. The standard InChI is InChI=1S/C17H28O9/c1-2-3-4-5-6-7-13(21)24-10-12(20)15-16(14(22)17(23)26-15)25-9-11(19)8-18/h11-12,15,18-20,22H,2-10H2,1H3/t11?,12-,15+/m0/s1. The summed E-state index contributed by atoms with van der Waals surface area (Å²) in [5.74, 6) is -2.77. The van der Waals surface area contributed by atoms with Gasteiger partial charge in [0, 0.05) is 6.42 Å². The van der Waals surface area contributed by atoms with Crippen LogP contribution in [0, 0.1) is 0 Å². The summed E-state index contributed by atoms with van der Waals surface area (Å²) in [7, 11) is 0. The second-order valence-corrected chi connectivity index (χ2v) is 6.10. The van der Waals surface area contributed by atoms with Crippen LogP contribution >= 0.6 is 0 Å². The summed E-state index contributed by atoms with van der Waals surface area (Å²) in [6.45, 7) is 0.674. The summed E-state index contributed by atoms with van der Waals surface area (Å²) in [5, 5.41) is 37.7. The van der Waals surface area contributed by atoms with Gasteiger partial charge in [-0.25, -0.2) is 4.79 Å². The first-order valence-corrected chi connectivity index (χ1v) is 8.80. The van der Waals surface area contributed by atoms with Gasteiger partial charge in [0.25, 0.3) is 0 Å². The minimum Gasteiger partial charge on any atom is -0.499 e. The molecule has 0 spiro atoms. The molecule has 1 unspecified atom stereocenters. The highest BCUT2D eigenvalue weighted by Crippen LogP contribution is 2.25. The Morgan fingerprint density at radius 1 is 1.19 bits per heavy atom. The Morgan fingerprint density at radius 3 is 2.54 bits per heavy atom. The van der Waals surface area contributed by atoms with Gasteiger partial charge in [-0.1, -0.05) is 32.6 Å². The molecule has 0 fully saturated rings. The van der Waals surface area contributed by atoms with Crippen molar-refractivity contribution in [2.75, 3.05) is 19.8 Å². The molecule has 3 atom stereocenters. The maximum Gasteiger partial charge on any atom is 0.378 e. The maximum atomic E-state index is 11.7. The van der Waals surface area contributed by atoms with Gasteiger partial charge in [0.15, 0.2) is 11.9 Å². The summed E-state index contributed by atoms with van der Waals surface area (Å²) in [6.07, 6.45) is 1.10. The number of ether oxygens (including phenoxy) is 3. The molecule has 0 aromatic rings. The Balaban J connectivity index is 2.43. The maximum absolute atomic E-state index is 11.7. The van der Waals surface area contributed by atoms with Crippen molar-refractivity contribution < 1.29 is 44.2 Å². The van der Waals surface area contributed by atoms with Crippen LogP contribution in [0.3, 0.4) is 0 Å². The zero-order chi connectivity index (χ0) is 19.5. The van der Waals surface area contributed by atoms with Gasteiger partial charge in [-0.15, -0.1) is 0 Å². The molecular formula is C17H28O9. The molecule has 0 amide bonds. The molecule has 0 radical (unpaired) electrons. The molecule has 1 heterocycles. The van der Waals surface area contributed by atoms with E-state index in [0.29, 0.717) is 6.42 Å². The third kappa shape index (κ3) is 7.19. The lowest BCUT2D eigenvalue weighted by atomic mass is 10.1. The van der Waals surface area contributed by atoms with Crippen molar-refractivity contribution in [2.24, 2.45) is 0 Å². The lowest BCUT2D eigenvalue weighted by molar-refractivity contribution is -0.155. The Kier molecular flexibility index (Phi) is 10.0. The zero-order valence-corrected chi connectivity index (χ0v) is 14.9. The number of hydrogen-bond donors (Lipinski definition) is 4. The van der Waals surface area contributed by atoms with E-state index in [1.165, 1.54) is 0 Å². The lowest BCUT2D eigenvalue weighted by Crippen LogP contribution is -2.35. The van der Waals surface area contributed by atoms with E-state index in [1.807, 2.05) is 0 Å². The Bertz CT molecular complexity index is 489. The van der Waals surface area contributed by atoms with Crippen molar-refractivity contribution in [2.45, 2.75) is 63.8 Å². The molecular weight excluding hydrogens is 348 g/mol. The first-order chi connectivity index (χ1) is 12.4. The molecule has 9 heteroatoms. The van der Waals surface area contributed by atoms with Crippen molar-refractivity contribution in [1.82, 2.24) is 0 Å². The predicted molar refractivity (Wildman–Crippen MR) is 88.9 cm³/mol. The summed E-state index contributed by atoms with van der Waals surface area (Å²) in [6, 6.07) is 0. The molecule has 0 aromatic carbocycles. The van der Waals surface area contributed by atoms with Crippen LogP contribution in [0.4, 0.5) is 0 Å². The normalized spacial score (nSPS) is 19.2. The van der Waals surface area contributed by atoms with Gasteiger partial charge in [-0.05, 0) is 6.42 Å². The molecule has 0 aromatic heterocycles. The Hall–Kier alpha value is -1.84. The van der Waals surface area contributed by atoms with Gasteiger partial charge in [-0.3, -0.25) is 4.79 Å². The van der Waals surface area contributed by atoms with Crippen LogP contribution < -0.4 is 0 Å². The van der Waals surface area contributed by atoms with Gasteiger partial charge in [0.2, 0.25) is 5.76 Å². The number of unbranched alkanes of at least 4 members (excludes halogenated alkanes) is 4. The van der Waals surface area contributed by atoms with E-state index in [9.17, 15) is 24.9 Å². The second kappa shape index (κ2) is 11.7. The number of aliphatic hydroxyl groups is 4. The molecule has 9 nitrogen and oxygen atoms in total. The third-order valence-electron chi connectivity index (χ3n) is 3.81. The molecule has 1 aliphatic heterocycles. The smallest absolute Gasteiger partial charge is 0.378 e. The number of esters is 2. The molecule has 26 heavy (non-hydrogen) atoms. The highest BCUT2D eigenvalue weighted by Gasteiger charge is 2.41. The molecule has 0 saturated carbocycles. The van der Waals surface area contributed by atoms with Crippen molar-refractivity contribution in [1.29, 1.82) is 0 Å². The molecule has 0 bridgehead atoms. The summed E-state index contributed by atoms with van der Waals surface area (Å²) in [5.41, 5.74) is 0. The Morgan fingerprint density at radius 2 is 1.88 bits per heavy atom. The summed E-state index contributed by atoms with van der Waals surface area (Å²) < 4.78 is 14.8. The average molecular weight is 376 g/mol. The van der Waals surface area contributed by atoms with E-state index in [4.69, 9.17) is 19.3 Å². The van der Waals surface area contributed by atoms with E-state index < -0.39 is 55.8 Å². The predicted octanol–water partition coefficient (Wildman–Crippen LogP) is 0.316. The highest BCUT2D eigenvalue weighted by molar-refractivity contribution is 5.89. The van der Waals surface area contributed by atoms with Gasteiger partial charge >= 0.3 is 11.9 Å². The van der Waals surface area contributed by atoms with Crippen molar-refractivity contribution in [3.05, 3.63) is 11.5 Å². The van der Waals surface area contributed by atoms with E-state index >= 15 is 0 Å². The fourth-order valence-electron chi connectivity index (χ4n) is 2.31. The number of rotatable bonds is 13. The van der Waals surface area contributed by atoms with E-state index in [0.717, 1.165) is 25.7 Å². The minimum absolute atomic E-state index is 0.230. The SMILES string of the molecule is CCCCCCCC(=O)OC[C@H](O)[C@H]1OC(=O)C(O)=C1OCC(O)CO. The zero-order valence-electron chi connectivity index (χ0n) is 14.9.